The molecule has 0 aliphatic carbocycles. The van der Waals surface area contributed by atoms with E-state index in [1.54, 1.807) is 5.01 Å². The van der Waals surface area contributed by atoms with Gasteiger partial charge in [0.25, 0.3) is 5.91 Å². The van der Waals surface area contributed by atoms with Crippen molar-refractivity contribution in [2.45, 2.75) is 40.2 Å². The van der Waals surface area contributed by atoms with Gasteiger partial charge in [-0.15, -0.1) is 0 Å². The molecule has 1 unspecified atom stereocenters. The fourth-order valence-corrected chi connectivity index (χ4v) is 4.78. The predicted octanol–water partition coefficient (Wildman–Crippen LogP) is 4.02. The Kier molecular flexibility index (Phi) is 7.46. The van der Waals surface area contributed by atoms with Crippen molar-refractivity contribution < 1.29 is 9.53 Å². The molecule has 0 spiro atoms. The quantitative estimate of drug-likeness (QED) is 0.642. The Hall–Kier alpha value is -2.70. The first-order valence-electron chi connectivity index (χ1n) is 12.1. The number of amides is 1. The third kappa shape index (κ3) is 5.45. The highest BCUT2D eigenvalue weighted by molar-refractivity contribution is 6.04. The van der Waals surface area contributed by atoms with Crippen molar-refractivity contribution in [3.8, 4) is 5.75 Å². The Bertz CT molecular complexity index is 994. The van der Waals surface area contributed by atoms with Gasteiger partial charge in [0.2, 0.25) is 0 Å². The van der Waals surface area contributed by atoms with E-state index >= 15 is 0 Å². The van der Waals surface area contributed by atoms with E-state index < -0.39 is 0 Å². The summed E-state index contributed by atoms with van der Waals surface area (Å²) in [5, 5.41) is 6.63. The second-order valence-corrected chi connectivity index (χ2v) is 9.04. The van der Waals surface area contributed by atoms with E-state index in [0.717, 1.165) is 55.3 Å². The van der Waals surface area contributed by atoms with Gasteiger partial charge in [0.1, 0.15) is 5.75 Å². The van der Waals surface area contributed by atoms with Crippen molar-refractivity contribution >= 4 is 11.6 Å². The van der Waals surface area contributed by atoms with Crippen LogP contribution in [0.15, 0.2) is 47.6 Å². The van der Waals surface area contributed by atoms with Crippen LogP contribution in [-0.4, -0.2) is 72.3 Å². The summed E-state index contributed by atoms with van der Waals surface area (Å²) in [4.78, 5) is 18.2. The summed E-state index contributed by atoms with van der Waals surface area (Å²) in [6.07, 6.45) is 0.716. The summed E-state index contributed by atoms with van der Waals surface area (Å²) in [5.74, 6) is 0.917. The smallest absolute Gasteiger partial charge is 0.257 e. The molecule has 6 nitrogen and oxygen atoms in total. The Labute approximate surface area is 197 Å². The van der Waals surface area contributed by atoms with Crippen LogP contribution in [0, 0.1) is 13.8 Å². The van der Waals surface area contributed by atoms with E-state index in [4.69, 9.17) is 9.84 Å². The van der Waals surface area contributed by atoms with Crippen molar-refractivity contribution in [2.75, 3.05) is 45.9 Å². The molecule has 0 aromatic heterocycles. The van der Waals surface area contributed by atoms with E-state index in [-0.39, 0.29) is 11.9 Å². The highest BCUT2D eigenvalue weighted by Crippen LogP contribution is 2.34. The lowest BCUT2D eigenvalue weighted by Crippen LogP contribution is -2.49. The molecule has 2 aliphatic rings. The van der Waals surface area contributed by atoms with E-state index in [2.05, 4.69) is 60.9 Å². The minimum absolute atomic E-state index is 0.0681. The van der Waals surface area contributed by atoms with Gasteiger partial charge in [-0.05, 0) is 50.6 Å². The first-order valence-corrected chi connectivity index (χ1v) is 12.1. The summed E-state index contributed by atoms with van der Waals surface area (Å²) < 4.78 is 5.61. The van der Waals surface area contributed by atoms with Gasteiger partial charge in [0.05, 0.1) is 24.9 Å². The first kappa shape index (κ1) is 23.5. The van der Waals surface area contributed by atoms with Crippen LogP contribution in [0.5, 0.6) is 5.75 Å². The van der Waals surface area contributed by atoms with Crippen molar-refractivity contribution in [1.82, 2.24) is 14.8 Å². The van der Waals surface area contributed by atoms with E-state index in [1.165, 1.54) is 11.1 Å². The molecule has 2 aromatic rings. The molecule has 33 heavy (non-hydrogen) atoms. The molecule has 0 radical (unpaired) electrons. The Balaban J connectivity index is 1.57. The summed E-state index contributed by atoms with van der Waals surface area (Å²) in [7, 11) is 0. The lowest BCUT2D eigenvalue weighted by atomic mass is 9.95. The van der Waals surface area contributed by atoms with Crippen LogP contribution in [0.1, 0.15) is 48.6 Å². The van der Waals surface area contributed by atoms with Gasteiger partial charge in [-0.25, -0.2) is 5.01 Å². The fourth-order valence-electron chi connectivity index (χ4n) is 4.78. The molecule has 2 aromatic carbocycles. The zero-order chi connectivity index (χ0) is 23.4. The number of piperazine rings is 1. The standard InChI is InChI=1S/C27H36N4O2/c1-5-29-13-15-30(16-14-29)19-27(32)31-26(22-8-10-23(11-9-22)33-6-2)18-25(28-31)24-12-7-20(3)17-21(24)4/h7-12,17,26H,5-6,13-16,18-19H2,1-4H3. The van der Waals surface area contributed by atoms with Crippen LogP contribution in [0.3, 0.4) is 0 Å². The maximum absolute atomic E-state index is 13.5. The topological polar surface area (TPSA) is 48.4 Å². The molecule has 1 amide bonds. The number of ether oxygens (including phenoxy) is 1. The number of aryl methyl sites for hydroxylation is 2. The molecular weight excluding hydrogens is 412 g/mol. The molecule has 0 saturated carbocycles. The molecule has 2 aliphatic heterocycles. The Morgan fingerprint density at radius 1 is 1.00 bits per heavy atom. The molecular formula is C27H36N4O2. The molecule has 1 fully saturated rings. The molecule has 0 N–H and O–H groups in total. The van der Waals surface area contributed by atoms with Gasteiger partial charge in [-0.2, -0.15) is 5.10 Å². The second kappa shape index (κ2) is 10.5. The van der Waals surface area contributed by atoms with Gasteiger partial charge in [0.15, 0.2) is 0 Å². The predicted molar refractivity (Wildman–Crippen MR) is 133 cm³/mol. The minimum Gasteiger partial charge on any atom is -0.494 e. The van der Waals surface area contributed by atoms with Crippen LogP contribution in [0.2, 0.25) is 0 Å². The van der Waals surface area contributed by atoms with Crippen LogP contribution in [0.4, 0.5) is 0 Å². The zero-order valence-corrected chi connectivity index (χ0v) is 20.4. The number of benzene rings is 2. The van der Waals surface area contributed by atoms with Crippen molar-refractivity contribution in [3.63, 3.8) is 0 Å². The number of hydrogen-bond acceptors (Lipinski definition) is 5. The van der Waals surface area contributed by atoms with Crippen LogP contribution >= 0.6 is 0 Å². The summed E-state index contributed by atoms with van der Waals surface area (Å²) in [6.45, 7) is 14.4. The zero-order valence-electron chi connectivity index (χ0n) is 20.4. The van der Waals surface area contributed by atoms with Crippen LogP contribution < -0.4 is 4.74 Å². The summed E-state index contributed by atoms with van der Waals surface area (Å²) in [6, 6.07) is 14.4. The molecule has 1 atom stereocenters. The first-order chi connectivity index (χ1) is 16.0. The number of nitrogens with zero attached hydrogens (tertiary/aromatic N) is 4. The SMILES string of the molecule is CCOc1ccc(C2CC(c3ccc(C)cc3C)=NN2C(=O)CN2CCN(CC)CC2)cc1. The lowest BCUT2D eigenvalue weighted by molar-refractivity contribution is -0.134. The molecule has 6 heteroatoms. The number of carbonyl (C=O) groups excluding carboxylic acids is 1. The number of hydrogen-bond donors (Lipinski definition) is 0. The summed E-state index contributed by atoms with van der Waals surface area (Å²) >= 11 is 0. The third-order valence-electron chi connectivity index (χ3n) is 6.71. The fraction of sp³-hybridized carbons (Fsp3) is 0.481. The average Bonchev–Trinajstić information content (AvgIpc) is 3.25. The number of carbonyl (C=O) groups is 1. The summed E-state index contributed by atoms with van der Waals surface area (Å²) in [5.41, 5.74) is 5.63. The Morgan fingerprint density at radius 2 is 1.70 bits per heavy atom. The molecule has 0 bridgehead atoms. The maximum atomic E-state index is 13.5. The molecule has 4 rings (SSSR count). The highest BCUT2D eigenvalue weighted by atomic mass is 16.5. The largest absolute Gasteiger partial charge is 0.494 e. The minimum atomic E-state index is -0.0965. The third-order valence-corrected chi connectivity index (χ3v) is 6.71. The highest BCUT2D eigenvalue weighted by Gasteiger charge is 2.34. The van der Waals surface area contributed by atoms with Crippen LogP contribution in [-0.2, 0) is 4.79 Å². The molecule has 176 valence electrons. The van der Waals surface area contributed by atoms with Crippen molar-refractivity contribution in [1.29, 1.82) is 0 Å². The maximum Gasteiger partial charge on any atom is 0.257 e. The Morgan fingerprint density at radius 3 is 2.33 bits per heavy atom. The monoisotopic (exact) mass is 448 g/mol. The van der Waals surface area contributed by atoms with Gasteiger partial charge < -0.3 is 9.64 Å². The number of hydrazone groups is 1. The number of rotatable bonds is 7. The van der Waals surface area contributed by atoms with Crippen molar-refractivity contribution in [2.24, 2.45) is 5.10 Å². The van der Waals surface area contributed by atoms with Crippen LogP contribution in [0.25, 0.3) is 0 Å². The van der Waals surface area contributed by atoms with E-state index in [1.807, 2.05) is 19.1 Å². The van der Waals surface area contributed by atoms with Gasteiger partial charge in [0, 0.05) is 38.2 Å². The van der Waals surface area contributed by atoms with E-state index in [0.29, 0.717) is 19.6 Å². The van der Waals surface area contributed by atoms with Gasteiger partial charge >= 0.3 is 0 Å². The number of likely N-dealkylation sites (N-methyl/N-ethyl adjacent to an activating group) is 1. The lowest BCUT2D eigenvalue weighted by Gasteiger charge is -2.34. The van der Waals surface area contributed by atoms with Gasteiger partial charge in [-0.1, -0.05) is 42.8 Å². The normalized spacial score (nSPS) is 19.6. The van der Waals surface area contributed by atoms with E-state index in [9.17, 15) is 4.79 Å². The molecule has 2 heterocycles. The van der Waals surface area contributed by atoms with Crippen molar-refractivity contribution in [3.05, 3.63) is 64.7 Å². The van der Waals surface area contributed by atoms with Gasteiger partial charge in [-0.3, -0.25) is 9.69 Å². The average molecular weight is 449 g/mol. The molecule has 1 saturated heterocycles. The second-order valence-electron chi connectivity index (χ2n) is 9.04.